The van der Waals surface area contributed by atoms with Gasteiger partial charge in [-0.25, -0.2) is 4.39 Å². The van der Waals surface area contributed by atoms with E-state index < -0.39 is 30.1 Å². The van der Waals surface area contributed by atoms with E-state index in [0.29, 0.717) is 0 Å². The smallest absolute Gasteiger partial charge is 0.395 e. The Balaban J connectivity index is 0. The van der Waals surface area contributed by atoms with Gasteiger partial charge in [0.05, 0.1) is 5.41 Å². The monoisotopic (exact) mass is 280 g/mol. The summed E-state index contributed by atoms with van der Waals surface area (Å²) in [6.45, 7) is 2.61. The number of ether oxygens (including phenoxy) is 1. The van der Waals surface area contributed by atoms with Crippen molar-refractivity contribution in [1.29, 1.82) is 0 Å². The van der Waals surface area contributed by atoms with Crippen LogP contribution in [-0.2, 0) is 14.3 Å². The molecule has 0 aromatic rings. The van der Waals surface area contributed by atoms with E-state index in [0.717, 1.165) is 0 Å². The van der Waals surface area contributed by atoms with E-state index in [9.17, 15) is 31.5 Å². The molecular formula is C9H13F5O4. The van der Waals surface area contributed by atoms with Gasteiger partial charge in [0.25, 0.3) is 0 Å². The topological polar surface area (TPSA) is 63.6 Å². The normalized spacial score (nSPS) is 12.3. The lowest BCUT2D eigenvalue weighted by Gasteiger charge is -2.16. The molecule has 0 amide bonds. The first kappa shape index (κ1) is 19.1. The van der Waals surface area contributed by atoms with Gasteiger partial charge in [-0.05, 0) is 20.8 Å². The second-order valence-corrected chi connectivity index (χ2v) is 4.13. The van der Waals surface area contributed by atoms with Gasteiger partial charge in [-0.15, -0.1) is 0 Å². The van der Waals surface area contributed by atoms with Crippen molar-refractivity contribution in [1.82, 2.24) is 0 Å². The number of rotatable bonds is 3. The summed E-state index contributed by atoms with van der Waals surface area (Å²) in [6, 6.07) is 0. The van der Waals surface area contributed by atoms with Gasteiger partial charge >= 0.3 is 24.5 Å². The lowest BCUT2D eigenvalue weighted by atomic mass is 9.98. The molecule has 108 valence electrons. The third-order valence-corrected chi connectivity index (χ3v) is 1.38. The predicted octanol–water partition coefficient (Wildman–Crippen LogP) is 1.91. The molecule has 4 nitrogen and oxygen atoms in total. The molecule has 1 N–H and O–H groups in total. The van der Waals surface area contributed by atoms with Crippen LogP contribution >= 0.6 is 0 Å². The first-order chi connectivity index (χ1) is 7.79. The highest BCUT2D eigenvalue weighted by Gasteiger charge is 2.55. The lowest BCUT2D eigenvalue weighted by molar-refractivity contribution is -0.328. The van der Waals surface area contributed by atoms with Gasteiger partial charge in [0.15, 0.2) is 6.67 Å². The summed E-state index contributed by atoms with van der Waals surface area (Å²) in [5, 5.41) is 7.22. The third-order valence-electron chi connectivity index (χ3n) is 1.38. The van der Waals surface area contributed by atoms with Crippen molar-refractivity contribution in [3.8, 4) is 0 Å². The van der Waals surface area contributed by atoms with E-state index in [1.165, 1.54) is 0 Å². The van der Waals surface area contributed by atoms with Crippen LogP contribution in [0.3, 0.4) is 0 Å². The van der Waals surface area contributed by atoms with E-state index in [4.69, 9.17) is 5.11 Å². The van der Waals surface area contributed by atoms with E-state index >= 15 is 0 Å². The van der Waals surface area contributed by atoms with Crippen molar-refractivity contribution in [2.24, 2.45) is 5.41 Å². The van der Waals surface area contributed by atoms with Crippen LogP contribution in [0.2, 0.25) is 0 Å². The number of halogens is 5. The second-order valence-electron chi connectivity index (χ2n) is 4.13. The molecule has 0 aliphatic rings. The lowest BCUT2D eigenvalue weighted by Crippen LogP contribution is -2.41. The molecule has 9 heteroatoms. The van der Waals surface area contributed by atoms with Crippen molar-refractivity contribution >= 4 is 12.4 Å². The van der Waals surface area contributed by atoms with Crippen LogP contribution in [0.1, 0.15) is 20.8 Å². The maximum Gasteiger partial charge on any atom is 0.419 e. The fourth-order valence-electron chi connectivity index (χ4n) is 0.301. The summed E-state index contributed by atoms with van der Waals surface area (Å²) < 4.78 is 59.7. The fourth-order valence-corrected chi connectivity index (χ4v) is 0.301. The average Bonchev–Trinajstić information content (AvgIpc) is 2.16. The van der Waals surface area contributed by atoms with Gasteiger partial charge in [-0.1, -0.05) is 0 Å². The molecule has 0 atom stereocenters. The van der Waals surface area contributed by atoms with Crippen molar-refractivity contribution < 1.29 is 41.4 Å². The predicted molar refractivity (Wildman–Crippen MR) is 49.7 cm³/mol. The van der Waals surface area contributed by atoms with Crippen LogP contribution in [0, 0.1) is 5.41 Å². The number of hydrogen-bond acceptors (Lipinski definition) is 4. The largest absolute Gasteiger partial charge is 0.419 e. The van der Waals surface area contributed by atoms with Gasteiger partial charge in [0, 0.05) is 0 Å². The van der Waals surface area contributed by atoms with Crippen LogP contribution < -0.4 is 0 Å². The summed E-state index contributed by atoms with van der Waals surface area (Å²) >= 11 is 0. The van der Waals surface area contributed by atoms with Crippen molar-refractivity contribution in [2.75, 3.05) is 6.67 Å². The van der Waals surface area contributed by atoms with Crippen LogP contribution in [0.4, 0.5) is 22.0 Å². The summed E-state index contributed by atoms with van der Waals surface area (Å²) in [5.74, 6) is -5.47. The van der Waals surface area contributed by atoms with Gasteiger partial charge in [0.2, 0.25) is 0 Å². The molecule has 0 aromatic heterocycles. The average molecular weight is 280 g/mol. The minimum absolute atomic E-state index is 0.146. The molecule has 0 unspecified atom stereocenters. The molecule has 0 saturated heterocycles. The highest BCUT2D eigenvalue weighted by Crippen LogP contribution is 2.31. The molecule has 0 saturated carbocycles. The van der Waals surface area contributed by atoms with Crippen LogP contribution in [0.5, 0.6) is 0 Å². The summed E-state index contributed by atoms with van der Waals surface area (Å²) in [7, 11) is 0. The van der Waals surface area contributed by atoms with E-state index in [1.807, 2.05) is 0 Å². The number of hydrogen-bond donors (Lipinski definition) is 1. The Morgan fingerprint density at radius 2 is 1.61 bits per heavy atom. The molecule has 18 heavy (non-hydrogen) atoms. The second kappa shape index (κ2) is 6.62. The third kappa shape index (κ3) is 7.15. The maximum atomic E-state index is 11.3. The van der Waals surface area contributed by atoms with Crippen LogP contribution in [0.25, 0.3) is 0 Å². The molecule has 0 radical (unpaired) electrons. The minimum atomic E-state index is -5.26. The number of carbonyl (C=O) groups is 2. The van der Waals surface area contributed by atoms with Gasteiger partial charge in [-0.2, -0.15) is 17.6 Å². The molecule has 0 bridgehead atoms. The molecule has 0 aliphatic carbocycles. The summed E-state index contributed by atoms with van der Waals surface area (Å²) in [6.07, 6.45) is -5.26. The first-order valence-corrected chi connectivity index (χ1v) is 4.48. The number of alkyl halides is 5. The molecule has 0 aliphatic heterocycles. The first-order valence-electron chi connectivity index (χ1n) is 4.48. The van der Waals surface area contributed by atoms with Crippen molar-refractivity contribution in [2.45, 2.75) is 32.8 Å². The Hall–Kier alpha value is -1.25. The SMILES string of the molecule is CC(C)(C)C(=O)OC=O.OC(F)(F)C(F)(F)CF. The van der Waals surface area contributed by atoms with E-state index in [1.54, 1.807) is 20.8 Å². The van der Waals surface area contributed by atoms with Gasteiger partial charge in [0.1, 0.15) is 0 Å². The molecule has 0 fully saturated rings. The van der Waals surface area contributed by atoms with E-state index in [-0.39, 0.29) is 6.47 Å². The van der Waals surface area contributed by atoms with Crippen LogP contribution in [0.15, 0.2) is 0 Å². The molecule has 0 rings (SSSR count). The zero-order chi connectivity index (χ0) is 15.2. The van der Waals surface area contributed by atoms with Crippen molar-refractivity contribution in [3.05, 3.63) is 0 Å². The van der Waals surface area contributed by atoms with E-state index in [2.05, 4.69) is 4.74 Å². The van der Waals surface area contributed by atoms with Gasteiger partial charge in [-0.3, -0.25) is 9.59 Å². The Kier molecular flexibility index (Phi) is 7.02. The van der Waals surface area contributed by atoms with Crippen LogP contribution in [-0.4, -0.2) is 36.3 Å². The fraction of sp³-hybridized carbons (Fsp3) is 0.778. The molecule has 0 heterocycles. The van der Waals surface area contributed by atoms with Crippen molar-refractivity contribution in [3.63, 3.8) is 0 Å². The zero-order valence-electron chi connectivity index (χ0n) is 9.85. The summed E-state index contributed by atoms with van der Waals surface area (Å²) in [4.78, 5) is 20.2. The highest BCUT2D eigenvalue weighted by atomic mass is 19.3. The number of aliphatic hydroxyl groups is 1. The van der Waals surface area contributed by atoms with Gasteiger partial charge < -0.3 is 9.84 Å². The Morgan fingerprint density at radius 3 is 1.67 bits per heavy atom. The Bertz CT molecular complexity index is 280. The quantitative estimate of drug-likeness (QED) is 0.371. The standard InChI is InChI=1S/C6H10O3.C3H3F5O/c1-6(2,3)5(8)9-4-7;4-1-2(5,6)3(7,8)9/h4H,1-3H3;9H,1H2. The molecular weight excluding hydrogens is 267 g/mol. The Morgan fingerprint density at radius 1 is 1.22 bits per heavy atom. The minimum Gasteiger partial charge on any atom is -0.395 e. The maximum absolute atomic E-state index is 11.3. The molecule has 0 spiro atoms. The summed E-state index contributed by atoms with van der Waals surface area (Å²) in [5.41, 5.74) is -0.582. The molecule has 0 aromatic carbocycles. The Labute approximate surface area is 99.7 Å². The number of esters is 1. The number of carbonyl (C=O) groups excluding carboxylic acids is 2. The zero-order valence-corrected chi connectivity index (χ0v) is 9.85. The highest BCUT2D eigenvalue weighted by molar-refractivity contribution is 5.80.